The second-order valence-corrected chi connectivity index (χ2v) is 6.58. The van der Waals surface area contributed by atoms with Gasteiger partial charge in [-0.3, -0.25) is 0 Å². The second-order valence-electron chi connectivity index (χ2n) is 3.69. The molecular formula is C13H9BrClNO2S. The van der Waals surface area contributed by atoms with Gasteiger partial charge in [0.1, 0.15) is 4.90 Å². The summed E-state index contributed by atoms with van der Waals surface area (Å²) in [5.74, 6) is 0. The quantitative estimate of drug-likeness (QED) is 0.781. The number of sulfonamides is 1. The molecule has 0 bridgehead atoms. The second kappa shape index (κ2) is 5.86. The summed E-state index contributed by atoms with van der Waals surface area (Å²) in [6.07, 6.45) is 1.30. The first-order valence-electron chi connectivity index (χ1n) is 5.29. The lowest BCUT2D eigenvalue weighted by Gasteiger charge is -2.01. The predicted molar refractivity (Wildman–Crippen MR) is 80.4 cm³/mol. The van der Waals surface area contributed by atoms with Crippen LogP contribution in [0.1, 0.15) is 5.56 Å². The average Bonchev–Trinajstić information content (AvgIpc) is 2.38. The van der Waals surface area contributed by atoms with Gasteiger partial charge >= 0.3 is 0 Å². The highest BCUT2D eigenvalue weighted by molar-refractivity contribution is 9.10. The Hall–Kier alpha value is -1.17. The van der Waals surface area contributed by atoms with Gasteiger partial charge in [0.2, 0.25) is 0 Å². The van der Waals surface area contributed by atoms with Crippen molar-refractivity contribution in [3.63, 3.8) is 0 Å². The lowest BCUT2D eigenvalue weighted by molar-refractivity contribution is 0.597. The Morgan fingerprint density at radius 2 is 1.68 bits per heavy atom. The third kappa shape index (κ3) is 3.65. The fraction of sp³-hybridized carbons (Fsp3) is 0. The lowest BCUT2D eigenvalue weighted by Crippen LogP contribution is -1.98. The monoisotopic (exact) mass is 357 g/mol. The van der Waals surface area contributed by atoms with Gasteiger partial charge in [0, 0.05) is 15.7 Å². The number of hydrogen-bond donors (Lipinski definition) is 0. The molecule has 0 amide bonds. The Balaban J connectivity index is 2.32. The van der Waals surface area contributed by atoms with E-state index in [2.05, 4.69) is 20.3 Å². The molecule has 2 aromatic carbocycles. The average molecular weight is 359 g/mol. The minimum Gasteiger partial charge on any atom is -0.199 e. The first-order valence-corrected chi connectivity index (χ1v) is 7.90. The maximum Gasteiger partial charge on any atom is 0.283 e. The van der Waals surface area contributed by atoms with Crippen molar-refractivity contribution in [2.24, 2.45) is 4.40 Å². The zero-order chi connectivity index (χ0) is 13.9. The molecule has 0 unspecified atom stereocenters. The van der Waals surface area contributed by atoms with E-state index in [9.17, 15) is 8.42 Å². The highest BCUT2D eigenvalue weighted by atomic mass is 79.9. The standard InChI is InChI=1S/C13H9BrClNO2S/c14-12-3-1-2-4-13(12)19(17,18)16-9-10-5-7-11(15)8-6-10/h1-9H/b16-9+. The van der Waals surface area contributed by atoms with Gasteiger partial charge in [-0.25, -0.2) is 0 Å². The van der Waals surface area contributed by atoms with E-state index in [0.29, 0.717) is 15.1 Å². The third-order valence-corrected chi connectivity index (χ3v) is 4.83. The maximum atomic E-state index is 12.0. The zero-order valence-corrected chi connectivity index (χ0v) is 12.8. The van der Waals surface area contributed by atoms with Crippen LogP contribution in [0.4, 0.5) is 0 Å². The largest absolute Gasteiger partial charge is 0.283 e. The summed E-state index contributed by atoms with van der Waals surface area (Å²) in [4.78, 5) is 0.139. The SMILES string of the molecule is O=S(=O)(/N=C/c1ccc(Cl)cc1)c1ccccc1Br. The highest BCUT2D eigenvalue weighted by Gasteiger charge is 2.14. The molecule has 0 spiro atoms. The summed E-state index contributed by atoms with van der Waals surface area (Å²) in [6.45, 7) is 0. The molecule has 0 radical (unpaired) electrons. The molecule has 98 valence electrons. The zero-order valence-electron chi connectivity index (χ0n) is 9.62. The summed E-state index contributed by atoms with van der Waals surface area (Å²) in [5, 5.41) is 0.589. The van der Waals surface area contributed by atoms with Crippen LogP contribution in [0, 0.1) is 0 Å². The fourth-order valence-corrected chi connectivity index (χ4v) is 3.35. The first-order chi connectivity index (χ1) is 8.99. The van der Waals surface area contributed by atoms with Gasteiger partial charge in [0.15, 0.2) is 0 Å². The summed E-state index contributed by atoms with van der Waals surface area (Å²) >= 11 is 8.95. The van der Waals surface area contributed by atoms with Crippen LogP contribution in [0.25, 0.3) is 0 Å². The van der Waals surface area contributed by atoms with E-state index >= 15 is 0 Å². The maximum absolute atomic E-state index is 12.0. The predicted octanol–water partition coefficient (Wildman–Crippen LogP) is 3.91. The molecule has 0 atom stereocenters. The van der Waals surface area contributed by atoms with Crippen LogP contribution in [0.15, 0.2) is 62.3 Å². The van der Waals surface area contributed by atoms with Gasteiger partial charge in [-0.15, -0.1) is 0 Å². The highest BCUT2D eigenvalue weighted by Crippen LogP contribution is 2.22. The van der Waals surface area contributed by atoms with Crippen molar-refractivity contribution in [1.82, 2.24) is 0 Å². The lowest BCUT2D eigenvalue weighted by atomic mass is 10.2. The Bertz CT molecular complexity index is 712. The number of nitrogens with zero attached hydrogens (tertiary/aromatic N) is 1. The van der Waals surface area contributed by atoms with Crippen LogP contribution >= 0.6 is 27.5 Å². The number of rotatable bonds is 3. The van der Waals surface area contributed by atoms with Crippen molar-refractivity contribution < 1.29 is 8.42 Å². The summed E-state index contributed by atoms with van der Waals surface area (Å²) in [7, 11) is -3.71. The normalized spacial score (nSPS) is 11.9. The van der Waals surface area contributed by atoms with Crippen molar-refractivity contribution >= 4 is 43.8 Å². The summed E-state index contributed by atoms with van der Waals surface area (Å²) in [5.41, 5.74) is 0.667. The number of halogens is 2. The molecular weight excluding hydrogens is 350 g/mol. The Labute approximate surface area is 125 Å². The number of benzene rings is 2. The van der Waals surface area contributed by atoms with E-state index in [0.717, 1.165) is 0 Å². The van der Waals surface area contributed by atoms with Crippen LogP contribution in [-0.2, 0) is 10.0 Å². The van der Waals surface area contributed by atoms with Crippen LogP contribution in [0.3, 0.4) is 0 Å². The Morgan fingerprint density at radius 3 is 2.32 bits per heavy atom. The molecule has 0 N–H and O–H groups in total. The minimum atomic E-state index is -3.71. The number of hydrogen-bond acceptors (Lipinski definition) is 2. The van der Waals surface area contributed by atoms with Gasteiger partial charge in [0.05, 0.1) is 0 Å². The smallest absolute Gasteiger partial charge is 0.199 e. The van der Waals surface area contributed by atoms with Crippen molar-refractivity contribution in [1.29, 1.82) is 0 Å². The fourth-order valence-electron chi connectivity index (χ4n) is 1.39. The molecule has 6 heteroatoms. The van der Waals surface area contributed by atoms with E-state index in [-0.39, 0.29) is 4.90 Å². The molecule has 2 aromatic rings. The Kier molecular flexibility index (Phi) is 4.39. The van der Waals surface area contributed by atoms with E-state index in [1.54, 1.807) is 42.5 Å². The van der Waals surface area contributed by atoms with Crippen LogP contribution in [-0.4, -0.2) is 14.6 Å². The molecule has 0 fully saturated rings. The molecule has 0 heterocycles. The van der Waals surface area contributed by atoms with Gasteiger partial charge in [-0.1, -0.05) is 35.9 Å². The topological polar surface area (TPSA) is 46.5 Å². The molecule has 0 saturated heterocycles. The van der Waals surface area contributed by atoms with Gasteiger partial charge < -0.3 is 0 Å². The molecule has 3 nitrogen and oxygen atoms in total. The minimum absolute atomic E-state index is 0.139. The molecule has 0 saturated carbocycles. The molecule has 0 aliphatic carbocycles. The van der Waals surface area contributed by atoms with E-state index in [4.69, 9.17) is 11.6 Å². The molecule has 2 rings (SSSR count). The summed E-state index contributed by atoms with van der Waals surface area (Å²) < 4.78 is 28.2. The Morgan fingerprint density at radius 1 is 1.05 bits per heavy atom. The first kappa shape index (κ1) is 14.2. The van der Waals surface area contributed by atoms with Crippen LogP contribution in [0.5, 0.6) is 0 Å². The van der Waals surface area contributed by atoms with Crippen molar-refractivity contribution in [3.05, 3.63) is 63.6 Å². The summed E-state index contributed by atoms with van der Waals surface area (Å²) in [6, 6.07) is 13.3. The molecule has 19 heavy (non-hydrogen) atoms. The van der Waals surface area contributed by atoms with Crippen molar-refractivity contribution in [3.8, 4) is 0 Å². The van der Waals surface area contributed by atoms with Crippen molar-refractivity contribution in [2.75, 3.05) is 0 Å². The van der Waals surface area contributed by atoms with E-state index in [1.165, 1.54) is 12.3 Å². The van der Waals surface area contributed by atoms with Crippen molar-refractivity contribution in [2.45, 2.75) is 4.90 Å². The third-order valence-electron chi connectivity index (χ3n) is 2.33. The van der Waals surface area contributed by atoms with E-state index < -0.39 is 10.0 Å². The van der Waals surface area contributed by atoms with Gasteiger partial charge in [-0.05, 0) is 45.8 Å². The molecule has 0 aliphatic heterocycles. The van der Waals surface area contributed by atoms with Gasteiger partial charge in [0.25, 0.3) is 10.0 Å². The van der Waals surface area contributed by atoms with E-state index in [1.807, 2.05) is 0 Å². The van der Waals surface area contributed by atoms with Crippen LogP contribution in [0.2, 0.25) is 5.02 Å². The van der Waals surface area contributed by atoms with Crippen LogP contribution < -0.4 is 0 Å². The van der Waals surface area contributed by atoms with Gasteiger partial charge in [-0.2, -0.15) is 12.8 Å². The molecule has 0 aliphatic rings. The molecule has 0 aromatic heterocycles.